The van der Waals surface area contributed by atoms with Crippen molar-refractivity contribution in [1.29, 1.82) is 0 Å². The number of nitrogens with zero attached hydrogens (tertiary/aromatic N) is 1. The highest BCUT2D eigenvalue weighted by atomic mass is 35.5. The largest absolute Gasteiger partial charge is 0.478 e. The quantitative estimate of drug-likeness (QED) is 0.581. The van der Waals surface area contributed by atoms with Crippen LogP contribution in [-0.2, 0) is 11.2 Å². The summed E-state index contributed by atoms with van der Waals surface area (Å²) in [7, 11) is 0. The Bertz CT molecular complexity index is 669. The highest BCUT2D eigenvalue weighted by Gasteiger charge is 2.04. The Morgan fingerprint density at radius 2 is 1.95 bits per heavy atom. The number of benzene rings is 1. The van der Waals surface area contributed by atoms with Crippen LogP contribution in [-0.4, -0.2) is 21.3 Å². The van der Waals surface area contributed by atoms with Crippen LogP contribution in [0, 0.1) is 0 Å². The van der Waals surface area contributed by atoms with E-state index < -0.39 is 5.97 Å². The van der Waals surface area contributed by atoms with Crippen LogP contribution >= 0.6 is 12.4 Å². The van der Waals surface area contributed by atoms with Crippen LogP contribution in [0.4, 0.5) is 5.82 Å². The lowest BCUT2D eigenvalue weighted by Crippen LogP contribution is -1.99. The number of anilines is 1. The van der Waals surface area contributed by atoms with Crippen LogP contribution in [0.3, 0.4) is 0 Å². The van der Waals surface area contributed by atoms with Crippen LogP contribution in [0.15, 0.2) is 48.2 Å². The Morgan fingerprint density at radius 3 is 2.55 bits per heavy atom. The Morgan fingerprint density at radius 1 is 1.27 bits per heavy atom. The van der Waals surface area contributed by atoms with E-state index in [1.165, 1.54) is 0 Å². The first-order valence-electron chi connectivity index (χ1n) is 6.44. The van der Waals surface area contributed by atoms with Gasteiger partial charge in [0.25, 0.3) is 0 Å². The normalized spacial score (nSPS) is 10.7. The Labute approximate surface area is 134 Å². The molecular weight excluding hydrogens is 304 g/mol. The summed E-state index contributed by atoms with van der Waals surface area (Å²) in [6.07, 6.45) is 3.85. The molecule has 0 unspecified atom stereocenters. The van der Waals surface area contributed by atoms with Gasteiger partial charge in [0.1, 0.15) is 0 Å². The molecule has 116 valence electrons. The van der Waals surface area contributed by atoms with E-state index >= 15 is 0 Å². The van der Waals surface area contributed by atoms with Gasteiger partial charge in [-0.05, 0) is 30.2 Å². The summed E-state index contributed by atoms with van der Waals surface area (Å²) in [5.74, 6) is -0.490. The summed E-state index contributed by atoms with van der Waals surface area (Å²) in [5.41, 5.74) is 5.14. The third kappa shape index (κ3) is 4.58. The highest BCUT2D eigenvalue weighted by Crippen LogP contribution is 2.17. The molecule has 1 heterocycles. The molecule has 22 heavy (non-hydrogen) atoms. The molecule has 2 rings (SSSR count). The lowest BCUT2D eigenvalue weighted by atomic mass is 10.0. The molecule has 1 aromatic heterocycles. The topological polar surface area (TPSA) is 82.5 Å². The molecule has 0 spiro atoms. The average Bonchev–Trinajstić information content (AvgIpc) is 2.49. The highest BCUT2D eigenvalue weighted by molar-refractivity contribution is 5.91. The predicted molar refractivity (Wildman–Crippen MR) is 87.4 cm³/mol. The summed E-state index contributed by atoms with van der Waals surface area (Å²) < 4.78 is 0. The van der Waals surface area contributed by atoms with E-state index in [1.54, 1.807) is 19.2 Å². The smallest absolute Gasteiger partial charge is 0.331 e. The van der Waals surface area contributed by atoms with E-state index in [0.29, 0.717) is 17.8 Å². The van der Waals surface area contributed by atoms with Gasteiger partial charge in [0.2, 0.25) is 0 Å². The van der Waals surface area contributed by atoms with Gasteiger partial charge in [0.05, 0.1) is 0 Å². The first-order chi connectivity index (χ1) is 10.1. The van der Waals surface area contributed by atoms with Crippen LogP contribution in [0.5, 0.6) is 0 Å². The van der Waals surface area contributed by atoms with E-state index in [9.17, 15) is 4.79 Å². The molecule has 0 aliphatic rings. The average molecular weight is 321 g/mol. The summed E-state index contributed by atoms with van der Waals surface area (Å²) >= 11 is 0. The molecule has 2 aromatic rings. The zero-order valence-corrected chi connectivity index (χ0v) is 12.8. The van der Waals surface area contributed by atoms with Crippen LogP contribution in [0.1, 0.15) is 23.6 Å². The van der Waals surface area contributed by atoms with Gasteiger partial charge in [-0.3, -0.25) is 10.7 Å². The van der Waals surface area contributed by atoms with Crippen molar-refractivity contribution in [2.24, 2.45) is 0 Å². The first kappa shape index (κ1) is 17.7. The van der Waals surface area contributed by atoms with Crippen molar-refractivity contribution in [3.8, 4) is 0 Å². The second kappa shape index (κ2) is 8.17. The van der Waals surface area contributed by atoms with Crippen molar-refractivity contribution in [1.82, 2.24) is 4.98 Å². The van der Waals surface area contributed by atoms with E-state index in [1.807, 2.05) is 36.4 Å². The van der Waals surface area contributed by atoms with E-state index in [0.717, 1.165) is 16.7 Å². The Balaban J connectivity index is 0.00000242. The first-order valence-corrected chi connectivity index (χ1v) is 6.44. The van der Waals surface area contributed by atoms with Crippen molar-refractivity contribution in [3.63, 3.8) is 0 Å². The molecular formula is C16H17ClN2O3. The number of carboxylic acids is 1. The molecule has 0 bridgehead atoms. The lowest BCUT2D eigenvalue weighted by molar-refractivity contribution is -0.132. The van der Waals surface area contributed by atoms with E-state index in [-0.39, 0.29) is 12.4 Å². The summed E-state index contributed by atoms with van der Waals surface area (Å²) in [4.78, 5) is 14.8. The molecule has 5 nitrogen and oxygen atoms in total. The zero-order valence-electron chi connectivity index (χ0n) is 12.0. The molecule has 0 radical (unpaired) electrons. The number of hydrogen-bond acceptors (Lipinski definition) is 4. The van der Waals surface area contributed by atoms with Gasteiger partial charge in [0, 0.05) is 23.8 Å². The van der Waals surface area contributed by atoms with Gasteiger partial charge in [-0.25, -0.2) is 9.78 Å². The second-order valence-corrected chi connectivity index (χ2v) is 4.67. The fraction of sp³-hybridized carbons (Fsp3) is 0.125. The maximum Gasteiger partial charge on any atom is 0.331 e. The number of nitrogens with one attached hydrogen (secondary N) is 1. The minimum Gasteiger partial charge on any atom is -0.478 e. The molecule has 0 aliphatic heterocycles. The van der Waals surface area contributed by atoms with Gasteiger partial charge >= 0.3 is 5.97 Å². The van der Waals surface area contributed by atoms with E-state index in [4.69, 9.17) is 10.3 Å². The fourth-order valence-corrected chi connectivity index (χ4v) is 1.95. The number of pyridine rings is 1. The molecule has 0 aliphatic carbocycles. The number of aliphatic carboxylic acids is 1. The van der Waals surface area contributed by atoms with Crippen molar-refractivity contribution >= 4 is 30.3 Å². The summed E-state index contributed by atoms with van der Waals surface area (Å²) in [5, 5.41) is 17.9. The number of halogens is 1. The predicted octanol–water partition coefficient (Wildman–Crippen LogP) is 3.38. The minimum absolute atomic E-state index is 0. The molecule has 1 aromatic carbocycles. The number of carbonyl (C=O) groups is 1. The van der Waals surface area contributed by atoms with Gasteiger partial charge in [0.15, 0.2) is 5.82 Å². The van der Waals surface area contributed by atoms with Crippen molar-refractivity contribution in [2.45, 2.75) is 13.3 Å². The Kier molecular flexibility index (Phi) is 6.56. The zero-order chi connectivity index (χ0) is 15.2. The standard InChI is InChI=1S/C16H16N2O3.ClH/c1-11(16(19)20)9-12-4-6-13(7-5-12)10-14-3-2-8-17-15(14)18-21;/h2-9,21H,10H2,1H3,(H,17,18)(H,19,20);1H. The van der Waals surface area contributed by atoms with Gasteiger partial charge in [-0.1, -0.05) is 30.3 Å². The Hall–Kier alpha value is -2.37. The molecule has 0 saturated heterocycles. The fourth-order valence-electron chi connectivity index (χ4n) is 1.95. The monoisotopic (exact) mass is 320 g/mol. The maximum atomic E-state index is 10.8. The molecule has 0 amide bonds. The van der Waals surface area contributed by atoms with Crippen LogP contribution in [0.25, 0.3) is 6.08 Å². The molecule has 0 fully saturated rings. The van der Waals surface area contributed by atoms with Gasteiger partial charge in [-0.15, -0.1) is 12.4 Å². The van der Waals surface area contributed by atoms with Crippen molar-refractivity contribution < 1.29 is 15.1 Å². The second-order valence-electron chi connectivity index (χ2n) is 4.67. The number of aromatic nitrogens is 1. The molecule has 3 N–H and O–H groups in total. The number of carboxylic acid groups (broad SMARTS) is 1. The van der Waals surface area contributed by atoms with Crippen LogP contribution in [0.2, 0.25) is 0 Å². The third-order valence-electron chi connectivity index (χ3n) is 3.09. The summed E-state index contributed by atoms with van der Waals surface area (Å²) in [6.45, 7) is 1.56. The van der Waals surface area contributed by atoms with Gasteiger partial charge in [-0.2, -0.15) is 0 Å². The summed E-state index contributed by atoms with van der Waals surface area (Å²) in [6, 6.07) is 11.3. The van der Waals surface area contributed by atoms with Crippen LogP contribution < -0.4 is 5.48 Å². The number of hydrogen-bond donors (Lipinski definition) is 3. The van der Waals surface area contributed by atoms with E-state index in [2.05, 4.69) is 10.5 Å². The molecule has 0 saturated carbocycles. The SMILES string of the molecule is CC(=Cc1ccc(Cc2cccnc2NO)cc1)C(=O)O.Cl. The molecule has 0 atom stereocenters. The maximum absolute atomic E-state index is 10.8. The molecule has 6 heteroatoms. The van der Waals surface area contributed by atoms with Gasteiger partial charge < -0.3 is 5.11 Å². The minimum atomic E-state index is -0.923. The third-order valence-corrected chi connectivity index (χ3v) is 3.09. The lowest BCUT2D eigenvalue weighted by Gasteiger charge is -2.07. The van der Waals surface area contributed by atoms with Crippen molar-refractivity contribution in [3.05, 3.63) is 64.9 Å². The van der Waals surface area contributed by atoms with Crippen molar-refractivity contribution in [2.75, 3.05) is 5.48 Å². The number of rotatable bonds is 5.